The van der Waals surface area contributed by atoms with E-state index in [4.69, 9.17) is 9.15 Å². The Morgan fingerprint density at radius 1 is 1.14 bits per heavy atom. The fourth-order valence-electron chi connectivity index (χ4n) is 4.19. The molecule has 0 saturated heterocycles. The van der Waals surface area contributed by atoms with Gasteiger partial charge in [0.25, 0.3) is 0 Å². The number of fused-ring (bicyclic) bond motifs is 1. The SMILES string of the molecule is CN[C@H](O)c1c(-c2ccc(F)cc2)oc2ccc(/C(C)=C/C(CCC(=O)NCC(C)C)OC(C)C)cc12. The summed E-state index contributed by atoms with van der Waals surface area (Å²) in [6, 6.07) is 11.8. The van der Waals surface area contributed by atoms with E-state index in [0.717, 1.165) is 16.5 Å². The Morgan fingerprint density at radius 3 is 2.46 bits per heavy atom. The fourth-order valence-corrected chi connectivity index (χ4v) is 4.19. The molecular formula is C30H39FN2O4. The van der Waals surface area contributed by atoms with Crippen molar-refractivity contribution in [1.82, 2.24) is 10.6 Å². The van der Waals surface area contributed by atoms with Crippen LogP contribution in [0.25, 0.3) is 27.9 Å². The number of aliphatic hydroxyl groups excluding tert-OH is 1. The zero-order valence-corrected chi connectivity index (χ0v) is 22.6. The molecule has 0 radical (unpaired) electrons. The van der Waals surface area contributed by atoms with E-state index in [9.17, 15) is 14.3 Å². The molecule has 200 valence electrons. The first-order chi connectivity index (χ1) is 17.6. The summed E-state index contributed by atoms with van der Waals surface area (Å²) in [5, 5.41) is 17.4. The first kappa shape index (κ1) is 28.6. The molecule has 0 bridgehead atoms. The molecule has 6 nitrogen and oxygen atoms in total. The third-order valence-corrected chi connectivity index (χ3v) is 6.08. The number of carbonyl (C=O) groups excluding carboxylic acids is 1. The summed E-state index contributed by atoms with van der Waals surface area (Å²) in [5.74, 6) is 0.579. The number of carbonyl (C=O) groups is 1. The molecule has 0 spiro atoms. The predicted molar refractivity (Wildman–Crippen MR) is 146 cm³/mol. The Hall–Kier alpha value is -3.00. The molecule has 3 N–H and O–H groups in total. The van der Waals surface area contributed by atoms with Gasteiger partial charge >= 0.3 is 0 Å². The number of allylic oxidation sites excluding steroid dienone is 1. The zero-order chi connectivity index (χ0) is 27.1. The summed E-state index contributed by atoms with van der Waals surface area (Å²) >= 11 is 0. The molecule has 2 atom stereocenters. The Balaban J connectivity index is 1.92. The van der Waals surface area contributed by atoms with Crippen LogP contribution in [0.3, 0.4) is 0 Å². The van der Waals surface area contributed by atoms with Crippen molar-refractivity contribution in [2.45, 2.75) is 65.9 Å². The summed E-state index contributed by atoms with van der Waals surface area (Å²) in [5.41, 5.74) is 3.83. The number of amides is 1. The highest BCUT2D eigenvalue weighted by molar-refractivity contribution is 5.91. The van der Waals surface area contributed by atoms with Crippen LogP contribution < -0.4 is 10.6 Å². The monoisotopic (exact) mass is 510 g/mol. The lowest BCUT2D eigenvalue weighted by molar-refractivity contribution is -0.122. The van der Waals surface area contributed by atoms with Crippen molar-refractivity contribution < 1.29 is 23.4 Å². The lowest BCUT2D eigenvalue weighted by Crippen LogP contribution is -2.28. The first-order valence-corrected chi connectivity index (χ1v) is 12.9. The summed E-state index contributed by atoms with van der Waals surface area (Å²) in [4.78, 5) is 12.3. The van der Waals surface area contributed by atoms with Crippen LogP contribution in [0.1, 0.15) is 64.8 Å². The molecule has 3 rings (SSSR count). The van der Waals surface area contributed by atoms with Crippen LogP contribution in [0.15, 0.2) is 53.0 Å². The molecule has 2 aromatic carbocycles. The van der Waals surface area contributed by atoms with Crippen LogP contribution in [0.4, 0.5) is 4.39 Å². The maximum atomic E-state index is 13.5. The van der Waals surface area contributed by atoms with Crippen molar-refractivity contribution in [2.75, 3.05) is 13.6 Å². The number of rotatable bonds is 12. The van der Waals surface area contributed by atoms with Gasteiger partial charge in [-0.05, 0) is 87.7 Å². The standard InChI is InChI=1S/C30H39FN2O4/c1-18(2)17-33-27(34)14-12-24(36-19(3)4)15-20(5)22-9-13-26-25(16-22)28(30(35)32-6)29(37-26)21-7-10-23(31)11-8-21/h7-11,13,15-16,18-19,24,30,32,35H,12,14,17H2,1-6H3,(H,33,34)/b20-15+/t24?,30-/m1/s1. The van der Waals surface area contributed by atoms with Gasteiger partial charge in [-0.3, -0.25) is 10.1 Å². The minimum Gasteiger partial charge on any atom is -0.456 e. The van der Waals surface area contributed by atoms with Gasteiger partial charge in [0.05, 0.1) is 12.2 Å². The van der Waals surface area contributed by atoms with E-state index in [1.165, 1.54) is 12.1 Å². The number of benzene rings is 2. The first-order valence-electron chi connectivity index (χ1n) is 12.9. The van der Waals surface area contributed by atoms with Crippen LogP contribution in [-0.4, -0.2) is 36.8 Å². The molecule has 1 amide bonds. The van der Waals surface area contributed by atoms with Crippen LogP contribution in [0, 0.1) is 11.7 Å². The quantitative estimate of drug-likeness (QED) is 0.253. The van der Waals surface area contributed by atoms with Gasteiger partial charge in [0, 0.05) is 29.5 Å². The maximum Gasteiger partial charge on any atom is 0.220 e. The maximum absolute atomic E-state index is 13.5. The predicted octanol–water partition coefficient (Wildman–Crippen LogP) is 6.20. The normalized spacial score (nSPS) is 13.9. The van der Waals surface area contributed by atoms with Gasteiger partial charge in [0.2, 0.25) is 5.91 Å². The molecule has 0 aliphatic heterocycles. The van der Waals surface area contributed by atoms with Gasteiger partial charge in [-0.25, -0.2) is 4.39 Å². The minimum absolute atomic E-state index is 0.0137. The van der Waals surface area contributed by atoms with Gasteiger partial charge < -0.3 is 19.6 Å². The Morgan fingerprint density at radius 2 is 1.84 bits per heavy atom. The molecule has 37 heavy (non-hydrogen) atoms. The highest BCUT2D eigenvalue weighted by Gasteiger charge is 2.22. The number of hydrogen-bond donors (Lipinski definition) is 3. The molecule has 0 aliphatic rings. The van der Waals surface area contributed by atoms with Crippen LogP contribution in [0.2, 0.25) is 0 Å². The zero-order valence-electron chi connectivity index (χ0n) is 22.6. The van der Waals surface area contributed by atoms with Gasteiger partial charge in [0.15, 0.2) is 0 Å². The van der Waals surface area contributed by atoms with Crippen molar-refractivity contribution in [3.05, 3.63) is 65.5 Å². The Bertz CT molecular complexity index is 1210. The van der Waals surface area contributed by atoms with Gasteiger partial charge in [-0.1, -0.05) is 26.0 Å². The molecule has 3 aromatic rings. The fraction of sp³-hybridized carbons (Fsp3) is 0.433. The van der Waals surface area contributed by atoms with Crippen LogP contribution in [0.5, 0.6) is 0 Å². The van der Waals surface area contributed by atoms with Crippen LogP contribution >= 0.6 is 0 Å². The summed E-state index contributed by atoms with van der Waals surface area (Å²) in [6.45, 7) is 10.8. The van der Waals surface area contributed by atoms with E-state index < -0.39 is 6.23 Å². The second-order valence-electron chi connectivity index (χ2n) is 10.1. The van der Waals surface area contributed by atoms with E-state index in [1.807, 2.05) is 45.0 Å². The topological polar surface area (TPSA) is 83.7 Å². The number of halogens is 1. The lowest BCUT2D eigenvalue weighted by Gasteiger charge is -2.19. The third-order valence-electron chi connectivity index (χ3n) is 6.08. The molecule has 0 saturated carbocycles. The van der Waals surface area contributed by atoms with E-state index >= 15 is 0 Å². The Labute approximate surface area is 218 Å². The summed E-state index contributed by atoms with van der Waals surface area (Å²) in [7, 11) is 1.66. The molecule has 1 heterocycles. The second-order valence-corrected chi connectivity index (χ2v) is 10.1. The van der Waals surface area contributed by atoms with Crippen molar-refractivity contribution in [3.63, 3.8) is 0 Å². The lowest BCUT2D eigenvalue weighted by atomic mass is 9.99. The third kappa shape index (κ3) is 7.74. The molecule has 7 heteroatoms. The van der Waals surface area contributed by atoms with Crippen molar-refractivity contribution in [1.29, 1.82) is 0 Å². The van der Waals surface area contributed by atoms with E-state index in [1.54, 1.807) is 19.2 Å². The smallest absolute Gasteiger partial charge is 0.220 e. The number of hydrogen-bond acceptors (Lipinski definition) is 5. The van der Waals surface area contributed by atoms with Gasteiger partial charge in [0.1, 0.15) is 23.4 Å². The highest BCUT2D eigenvalue weighted by Crippen LogP contribution is 2.38. The number of aliphatic hydroxyl groups is 1. The molecule has 0 aliphatic carbocycles. The minimum atomic E-state index is -0.970. The van der Waals surface area contributed by atoms with Crippen molar-refractivity contribution in [3.8, 4) is 11.3 Å². The number of furan rings is 1. The second kappa shape index (κ2) is 13.0. The number of nitrogens with one attached hydrogen (secondary N) is 2. The van der Waals surface area contributed by atoms with Gasteiger partial charge in [-0.2, -0.15) is 0 Å². The molecule has 0 fully saturated rings. The van der Waals surface area contributed by atoms with E-state index in [2.05, 4.69) is 24.5 Å². The molecular weight excluding hydrogens is 471 g/mol. The Kier molecular flexibility index (Phi) is 10.0. The van der Waals surface area contributed by atoms with Gasteiger partial charge in [-0.15, -0.1) is 0 Å². The number of ether oxygens (including phenoxy) is 1. The van der Waals surface area contributed by atoms with E-state index in [0.29, 0.717) is 47.8 Å². The molecule has 1 unspecified atom stereocenters. The largest absolute Gasteiger partial charge is 0.456 e. The van der Waals surface area contributed by atoms with Crippen molar-refractivity contribution >= 4 is 22.4 Å². The average molecular weight is 511 g/mol. The summed E-state index contributed by atoms with van der Waals surface area (Å²) < 4.78 is 25.7. The average Bonchev–Trinajstić information content (AvgIpc) is 3.24. The molecule has 1 aromatic heterocycles. The van der Waals surface area contributed by atoms with Crippen LogP contribution in [-0.2, 0) is 9.53 Å². The van der Waals surface area contributed by atoms with E-state index in [-0.39, 0.29) is 23.9 Å². The van der Waals surface area contributed by atoms with Crippen molar-refractivity contribution in [2.24, 2.45) is 5.92 Å². The summed E-state index contributed by atoms with van der Waals surface area (Å²) in [6.07, 6.45) is 1.83. The highest BCUT2D eigenvalue weighted by atomic mass is 19.1.